The van der Waals surface area contributed by atoms with Crippen LogP contribution in [0.5, 0.6) is 0 Å². The van der Waals surface area contributed by atoms with Crippen molar-refractivity contribution < 1.29 is 132 Å². The molecule has 0 radical (unpaired) electrons. The van der Waals surface area contributed by atoms with Crippen LogP contribution in [0, 0.1) is 73.9 Å². The quantitative estimate of drug-likeness (QED) is 0.184. The van der Waals surface area contributed by atoms with E-state index in [1.54, 1.807) is 0 Å². The van der Waals surface area contributed by atoms with E-state index in [4.69, 9.17) is 4.74 Å². The van der Waals surface area contributed by atoms with Gasteiger partial charge in [0.2, 0.25) is 0 Å². The molecule has 6 aliphatic rings. The first-order valence-electron chi connectivity index (χ1n) is 17.4. The fourth-order valence-corrected chi connectivity index (χ4v) is 13.4. The molecule has 12 atom stereocenters. The van der Waals surface area contributed by atoms with Gasteiger partial charge in [0.05, 0.1) is 5.92 Å². The van der Waals surface area contributed by atoms with Gasteiger partial charge in [0.25, 0.3) is 0 Å². The summed E-state index contributed by atoms with van der Waals surface area (Å²) in [5.74, 6) is 0.447. The molecule has 6 saturated carbocycles. The number of hydrogen-bond acceptors (Lipinski definition) is 6. The molecule has 6 fully saturated rings. The molecule has 0 heterocycles. The molecular weight excluding hydrogens is 631 g/mol. The molecule has 0 saturated heterocycles. The van der Waals surface area contributed by atoms with Gasteiger partial charge < -0.3 is 24.9 Å². The van der Waals surface area contributed by atoms with E-state index in [1.807, 2.05) is 13.8 Å². The van der Waals surface area contributed by atoms with Crippen LogP contribution in [0.25, 0.3) is 0 Å². The van der Waals surface area contributed by atoms with Crippen molar-refractivity contribution in [1.29, 1.82) is 0 Å². The third kappa shape index (κ3) is 5.65. The molecule has 0 spiro atoms. The molecule has 0 bridgehead atoms. The molecule has 6 rings (SSSR count). The molecule has 0 amide bonds. The first-order chi connectivity index (χ1) is 19.9. The van der Waals surface area contributed by atoms with Crippen LogP contribution in [-0.4, -0.2) is 29.8 Å². The molecule has 6 nitrogen and oxygen atoms in total. The summed E-state index contributed by atoms with van der Waals surface area (Å²) in [6, 6.07) is 0. The summed E-state index contributed by atoms with van der Waals surface area (Å²) < 4.78 is 6.38. The van der Waals surface area contributed by atoms with E-state index >= 15 is 0 Å². The molecule has 6 unspecified atom stereocenters. The van der Waals surface area contributed by atoms with Crippen molar-refractivity contribution in [2.75, 3.05) is 0 Å². The molecule has 0 aliphatic heterocycles. The Labute approximate surface area is 363 Å². The molecule has 248 valence electrons. The molecular formula is C38H57K2O6-. The van der Waals surface area contributed by atoms with E-state index in [9.17, 15) is 19.5 Å². The third-order valence-corrected chi connectivity index (χ3v) is 16.4. The number of carboxylic acids is 1. The number of carbonyl (C=O) groups is 2. The second kappa shape index (κ2) is 13.9. The van der Waals surface area contributed by atoms with Gasteiger partial charge in [-0.25, -0.2) is 0 Å². The van der Waals surface area contributed by atoms with Crippen molar-refractivity contribution >= 4 is 18.2 Å². The Morgan fingerprint density at radius 2 is 1.46 bits per heavy atom. The van der Waals surface area contributed by atoms with Crippen molar-refractivity contribution in [3.63, 3.8) is 0 Å². The van der Waals surface area contributed by atoms with E-state index in [1.165, 1.54) is 0 Å². The molecule has 1 N–H and O–H groups in total. The number of carbonyl (C=O) groups excluding carboxylic acids is 3. The summed E-state index contributed by atoms with van der Waals surface area (Å²) in [6.07, 6.45) is 12.4. The number of carboxylic acid groups (broad SMARTS) is 1. The van der Waals surface area contributed by atoms with Gasteiger partial charge in [-0.15, -0.1) is 5.92 Å². The SMILES string of the molecule is C=C(C)[C@@H]1CC[C@]2(C(=O)[O-])CC[C@]3(C)C(CCC4[C@@]5(C)CC[C@H](OC(=O)C6CC([C-]=O)C6(C)C)C(C)(C)C5CC[C@]43C)C12.[K+].[K+].[OH-]. The summed E-state index contributed by atoms with van der Waals surface area (Å²) in [5, 5.41) is 12.8. The maximum Gasteiger partial charge on any atom is 1.00 e. The number of allylic oxidation sites excluding steroid dienone is 1. The predicted molar refractivity (Wildman–Crippen MR) is 167 cm³/mol. The Balaban J connectivity index is 0.00000192. The Morgan fingerprint density at radius 1 is 0.804 bits per heavy atom. The zero-order valence-electron chi connectivity index (χ0n) is 30.6. The monoisotopic (exact) mass is 687 g/mol. The van der Waals surface area contributed by atoms with Gasteiger partial charge in [-0.1, -0.05) is 67.0 Å². The Morgan fingerprint density at radius 3 is 2.02 bits per heavy atom. The molecule has 0 aromatic rings. The molecule has 0 aromatic heterocycles. The van der Waals surface area contributed by atoms with E-state index in [-0.39, 0.29) is 171 Å². The molecule has 46 heavy (non-hydrogen) atoms. The summed E-state index contributed by atoms with van der Waals surface area (Å²) in [4.78, 5) is 37.6. The first kappa shape index (κ1) is 42.0. The Hall–Kier alpha value is 1.58. The fourth-order valence-electron chi connectivity index (χ4n) is 13.4. The largest absolute Gasteiger partial charge is 1.00 e. The van der Waals surface area contributed by atoms with Crippen molar-refractivity contribution in [3.8, 4) is 0 Å². The van der Waals surface area contributed by atoms with E-state index in [0.29, 0.717) is 24.2 Å². The van der Waals surface area contributed by atoms with Crippen LogP contribution in [0.2, 0.25) is 0 Å². The summed E-state index contributed by atoms with van der Waals surface area (Å²) >= 11 is 0. The standard InChI is InChI=1S/C38H57O5.2K.H2O/c1-22(2)24-12-17-38(32(41)42)19-18-36(8)25(30(24)38)10-11-28-35(7)15-14-29(34(5,6)27(35)13-16-37(28,36)9)43-31(40)26-20-23(21-39)33(26,3)4;;;/h23-30H,1,10-20H2,2-9H3,(H,41,42);;;1H2/q-1;2*+1;/p-2/t23?,24-,25?,26?,27?,28?,29-,30?,35-,36+,37+,38-;;;/m0.../s1. The number of rotatable bonds is 5. The minimum absolute atomic E-state index is 0. The van der Waals surface area contributed by atoms with Crippen LogP contribution >= 0.6 is 0 Å². The average molecular weight is 688 g/mol. The second-order valence-electron chi connectivity index (χ2n) is 18.2. The average Bonchev–Trinajstić information content (AvgIpc) is 3.32. The summed E-state index contributed by atoms with van der Waals surface area (Å²) in [5.41, 5.74) is 0.300. The van der Waals surface area contributed by atoms with Crippen molar-refractivity contribution in [2.45, 2.75) is 132 Å². The van der Waals surface area contributed by atoms with Gasteiger partial charge in [-0.05, 0) is 122 Å². The van der Waals surface area contributed by atoms with Gasteiger partial charge in [0, 0.05) is 16.8 Å². The second-order valence-corrected chi connectivity index (χ2v) is 18.2. The van der Waals surface area contributed by atoms with Gasteiger partial charge in [0.1, 0.15) is 6.10 Å². The zero-order valence-corrected chi connectivity index (χ0v) is 36.8. The maximum atomic E-state index is 13.4. The zero-order chi connectivity index (χ0) is 31.5. The number of ether oxygens (including phenoxy) is 1. The van der Waals surface area contributed by atoms with E-state index < -0.39 is 11.4 Å². The van der Waals surface area contributed by atoms with Gasteiger partial charge >= 0.3 is 109 Å². The van der Waals surface area contributed by atoms with Gasteiger partial charge in [-0.2, -0.15) is 0 Å². The number of aliphatic carboxylic acids is 1. The number of hydrogen-bond donors (Lipinski definition) is 0. The number of fused-ring (bicyclic) bond motifs is 7. The van der Waals surface area contributed by atoms with Crippen molar-refractivity contribution in [2.24, 2.45) is 73.9 Å². The van der Waals surface area contributed by atoms with E-state index in [0.717, 1.165) is 69.8 Å². The smallest absolute Gasteiger partial charge is 0.870 e. The molecule has 8 heteroatoms. The van der Waals surface area contributed by atoms with Crippen LogP contribution in [0.3, 0.4) is 0 Å². The van der Waals surface area contributed by atoms with Crippen LogP contribution in [0.1, 0.15) is 126 Å². The molecule has 6 aliphatic carbocycles. The minimum Gasteiger partial charge on any atom is -0.870 e. The van der Waals surface area contributed by atoms with E-state index in [2.05, 4.69) is 54.4 Å². The van der Waals surface area contributed by atoms with Gasteiger partial charge in [-0.3, -0.25) is 11.1 Å². The topological polar surface area (TPSA) is 114 Å². The van der Waals surface area contributed by atoms with Crippen LogP contribution in [0.15, 0.2) is 12.2 Å². The normalized spacial score (nSPS) is 47.7. The summed E-state index contributed by atoms with van der Waals surface area (Å²) in [7, 11) is 0. The Kier molecular flexibility index (Phi) is 12.6. The van der Waals surface area contributed by atoms with Crippen LogP contribution in [0.4, 0.5) is 0 Å². The van der Waals surface area contributed by atoms with Crippen LogP contribution < -0.4 is 108 Å². The number of esters is 1. The van der Waals surface area contributed by atoms with Crippen LogP contribution in [-0.2, 0) is 19.1 Å². The van der Waals surface area contributed by atoms with Crippen molar-refractivity contribution in [3.05, 3.63) is 12.2 Å². The Bertz CT molecular complexity index is 1230. The fraction of sp³-hybridized carbons (Fsp3) is 0.868. The minimum atomic E-state index is -0.814. The first-order valence-corrected chi connectivity index (χ1v) is 17.4. The maximum absolute atomic E-state index is 13.4. The predicted octanol–water partition coefficient (Wildman–Crippen LogP) is 0.909. The summed E-state index contributed by atoms with van der Waals surface area (Å²) in [6.45, 7) is 22.8. The van der Waals surface area contributed by atoms with Crippen molar-refractivity contribution in [1.82, 2.24) is 0 Å². The van der Waals surface area contributed by atoms with Gasteiger partial charge in [0.15, 0.2) is 0 Å². The molecule has 0 aromatic carbocycles. The third-order valence-electron chi connectivity index (χ3n) is 16.4.